The highest BCUT2D eigenvalue weighted by molar-refractivity contribution is 4.59. The maximum absolute atomic E-state index is 10.5. The molecule has 1 atom stereocenters. The molecule has 0 saturated heterocycles. The molecule has 0 amide bonds. The zero-order chi connectivity index (χ0) is 12.8. The van der Waals surface area contributed by atoms with Gasteiger partial charge in [0.25, 0.3) is 0 Å². The molecule has 103 valence electrons. The van der Waals surface area contributed by atoms with E-state index in [-0.39, 0.29) is 6.61 Å². The van der Waals surface area contributed by atoms with Gasteiger partial charge >= 0.3 is 0 Å². The molecule has 1 radical (unpaired) electrons. The van der Waals surface area contributed by atoms with Crippen LogP contribution in [0.3, 0.4) is 0 Å². The molecule has 0 heterocycles. The van der Waals surface area contributed by atoms with Crippen LogP contribution in [-0.4, -0.2) is 6.61 Å². The molecule has 17 heavy (non-hydrogen) atoms. The highest BCUT2D eigenvalue weighted by Gasteiger charge is 2.06. The van der Waals surface area contributed by atoms with Crippen molar-refractivity contribution in [3.8, 4) is 0 Å². The quantitative estimate of drug-likeness (QED) is 0.366. The summed E-state index contributed by atoms with van der Waals surface area (Å²) in [7, 11) is 0. The molecule has 0 spiro atoms. The Hall–Kier alpha value is -0.0400. The molecule has 0 aliphatic heterocycles. The van der Waals surface area contributed by atoms with Crippen LogP contribution in [0.5, 0.6) is 0 Å². The summed E-state index contributed by atoms with van der Waals surface area (Å²) in [4.78, 5) is 0. The van der Waals surface area contributed by atoms with Gasteiger partial charge in [-0.15, -0.1) is 0 Å². The summed E-state index contributed by atoms with van der Waals surface area (Å²) in [5, 5.41) is 10.5. The van der Waals surface area contributed by atoms with Crippen molar-refractivity contribution >= 4 is 0 Å². The lowest BCUT2D eigenvalue weighted by atomic mass is 9.92. The molecule has 0 aromatic heterocycles. The number of unbranched alkanes of at least 4 members (excludes halogenated alkanes) is 6. The van der Waals surface area contributed by atoms with Crippen LogP contribution in [0.25, 0.3) is 0 Å². The van der Waals surface area contributed by atoms with Crippen LogP contribution in [0.15, 0.2) is 0 Å². The minimum atomic E-state index is 0.122. The summed E-state index contributed by atoms with van der Waals surface area (Å²) < 4.78 is 0. The second-order valence-corrected chi connectivity index (χ2v) is 5.41. The van der Waals surface area contributed by atoms with E-state index in [2.05, 4.69) is 13.8 Å². The van der Waals surface area contributed by atoms with E-state index in [1.54, 1.807) is 0 Å². The summed E-state index contributed by atoms with van der Waals surface area (Å²) >= 11 is 0. The molecule has 1 heteroatoms. The molecular weight excluding hydrogens is 208 g/mol. The summed E-state index contributed by atoms with van der Waals surface area (Å²) in [5.41, 5.74) is 0. The molecule has 0 aromatic carbocycles. The monoisotopic (exact) mass is 241 g/mol. The first-order chi connectivity index (χ1) is 8.35. The zero-order valence-corrected chi connectivity index (χ0v) is 12.2. The second-order valence-electron chi connectivity index (χ2n) is 5.41. The van der Waals surface area contributed by atoms with Crippen molar-refractivity contribution in [2.75, 3.05) is 6.61 Å². The van der Waals surface area contributed by atoms with Crippen LogP contribution in [0, 0.1) is 5.92 Å². The van der Waals surface area contributed by atoms with Crippen LogP contribution < -0.4 is 0 Å². The standard InChI is InChI=1S/C16H33O/c1-3-5-6-7-8-9-10-13-16(12-4-2)14-11-15-17/h16H,3-15H2,1-2H3. The Balaban J connectivity index is 3.34. The van der Waals surface area contributed by atoms with Gasteiger partial charge in [-0.05, 0) is 18.8 Å². The van der Waals surface area contributed by atoms with Gasteiger partial charge in [-0.25, -0.2) is 5.11 Å². The summed E-state index contributed by atoms with van der Waals surface area (Å²) in [6.07, 6.45) is 15.8. The molecule has 0 aliphatic rings. The van der Waals surface area contributed by atoms with Crippen molar-refractivity contribution in [1.82, 2.24) is 0 Å². The molecule has 1 unspecified atom stereocenters. The van der Waals surface area contributed by atoms with Crippen LogP contribution in [0.2, 0.25) is 0 Å². The third kappa shape index (κ3) is 12.2. The van der Waals surface area contributed by atoms with Crippen LogP contribution >= 0.6 is 0 Å². The predicted octanol–water partition coefficient (Wildman–Crippen LogP) is 5.75. The fraction of sp³-hybridized carbons (Fsp3) is 1.00. The van der Waals surface area contributed by atoms with Gasteiger partial charge in [-0.3, -0.25) is 0 Å². The number of hydrogen-bond donors (Lipinski definition) is 0. The summed E-state index contributed by atoms with van der Waals surface area (Å²) in [5.74, 6) is 0.838. The lowest BCUT2D eigenvalue weighted by molar-refractivity contribution is 0.178. The average Bonchev–Trinajstić information content (AvgIpc) is 2.34. The smallest absolute Gasteiger partial charge is 0.0822 e. The Morgan fingerprint density at radius 2 is 1.24 bits per heavy atom. The average molecular weight is 241 g/mol. The first kappa shape index (κ1) is 17.0. The van der Waals surface area contributed by atoms with Crippen molar-refractivity contribution in [3.63, 3.8) is 0 Å². The molecule has 0 saturated carbocycles. The predicted molar refractivity (Wildman–Crippen MR) is 75.8 cm³/mol. The van der Waals surface area contributed by atoms with E-state index in [0.717, 1.165) is 12.3 Å². The maximum atomic E-state index is 10.5. The Morgan fingerprint density at radius 1 is 0.647 bits per heavy atom. The van der Waals surface area contributed by atoms with Crippen molar-refractivity contribution in [2.45, 2.75) is 90.9 Å². The fourth-order valence-electron chi connectivity index (χ4n) is 2.60. The third-order valence-corrected chi connectivity index (χ3v) is 3.67. The van der Waals surface area contributed by atoms with E-state index in [1.165, 1.54) is 70.6 Å². The Kier molecular flexibility index (Phi) is 14.0. The van der Waals surface area contributed by atoms with E-state index in [0.29, 0.717) is 0 Å². The molecule has 0 bridgehead atoms. The summed E-state index contributed by atoms with van der Waals surface area (Å²) in [6, 6.07) is 0. The van der Waals surface area contributed by atoms with Gasteiger partial charge in [-0.2, -0.15) is 0 Å². The highest BCUT2D eigenvalue weighted by atomic mass is 16.2. The van der Waals surface area contributed by atoms with E-state index in [9.17, 15) is 5.11 Å². The van der Waals surface area contributed by atoms with E-state index >= 15 is 0 Å². The van der Waals surface area contributed by atoms with Gasteiger partial charge in [0.1, 0.15) is 0 Å². The first-order valence-electron chi connectivity index (χ1n) is 7.93. The molecule has 0 N–H and O–H groups in total. The van der Waals surface area contributed by atoms with Gasteiger partial charge in [0, 0.05) is 0 Å². The van der Waals surface area contributed by atoms with Crippen molar-refractivity contribution in [2.24, 2.45) is 5.92 Å². The van der Waals surface area contributed by atoms with Gasteiger partial charge in [0.2, 0.25) is 0 Å². The van der Waals surface area contributed by atoms with Crippen LogP contribution in [0.1, 0.15) is 90.9 Å². The lowest BCUT2D eigenvalue weighted by Gasteiger charge is -2.15. The van der Waals surface area contributed by atoms with E-state index in [1.807, 2.05) is 0 Å². The van der Waals surface area contributed by atoms with Crippen molar-refractivity contribution < 1.29 is 5.11 Å². The lowest BCUT2D eigenvalue weighted by Crippen LogP contribution is -2.01. The number of hydrogen-bond acceptors (Lipinski definition) is 0. The van der Waals surface area contributed by atoms with Crippen molar-refractivity contribution in [1.29, 1.82) is 0 Å². The number of rotatable bonds is 13. The Bertz CT molecular complexity index is 133. The first-order valence-corrected chi connectivity index (χ1v) is 7.93. The molecule has 1 nitrogen and oxygen atoms in total. The maximum Gasteiger partial charge on any atom is 0.0822 e. The topological polar surface area (TPSA) is 19.9 Å². The van der Waals surface area contributed by atoms with Gasteiger partial charge < -0.3 is 0 Å². The van der Waals surface area contributed by atoms with Gasteiger partial charge in [0.05, 0.1) is 6.61 Å². The molecule has 0 aromatic rings. The summed E-state index contributed by atoms with van der Waals surface area (Å²) in [6.45, 7) is 4.65. The minimum Gasteiger partial charge on any atom is -0.237 e. The molecule has 0 aliphatic carbocycles. The van der Waals surface area contributed by atoms with Gasteiger partial charge in [0.15, 0.2) is 0 Å². The van der Waals surface area contributed by atoms with E-state index < -0.39 is 0 Å². The Labute approximate surface area is 109 Å². The highest BCUT2D eigenvalue weighted by Crippen LogP contribution is 2.21. The second kappa shape index (κ2) is 14.0. The third-order valence-electron chi connectivity index (χ3n) is 3.67. The molecular formula is C16H33O. The SMILES string of the molecule is CCCCCCCCCC(CCC)CCC[O]. The largest absolute Gasteiger partial charge is 0.237 e. The zero-order valence-electron chi connectivity index (χ0n) is 12.2. The molecule has 0 rings (SSSR count). The normalized spacial score (nSPS) is 12.9. The minimum absolute atomic E-state index is 0.122. The van der Waals surface area contributed by atoms with Crippen LogP contribution in [0.4, 0.5) is 0 Å². The Morgan fingerprint density at radius 3 is 1.82 bits per heavy atom. The van der Waals surface area contributed by atoms with Gasteiger partial charge in [-0.1, -0.05) is 78.1 Å². The van der Waals surface area contributed by atoms with Crippen LogP contribution in [-0.2, 0) is 5.11 Å². The molecule has 0 fully saturated rings. The van der Waals surface area contributed by atoms with E-state index in [4.69, 9.17) is 0 Å². The fourth-order valence-corrected chi connectivity index (χ4v) is 2.60. The van der Waals surface area contributed by atoms with Crippen molar-refractivity contribution in [3.05, 3.63) is 0 Å².